The van der Waals surface area contributed by atoms with E-state index in [0.717, 1.165) is 66.7 Å². The van der Waals surface area contributed by atoms with Gasteiger partial charge in [0.05, 0.1) is 104 Å². The first-order chi connectivity index (χ1) is 49.0. The fourth-order valence-electron chi connectivity index (χ4n) is 9.01. The molecule has 2 heterocycles. The van der Waals surface area contributed by atoms with Crippen molar-refractivity contribution in [2.45, 2.75) is 34.3 Å². The normalized spacial score (nSPS) is 12.7. The third-order valence-corrected chi connectivity index (χ3v) is 20.9. The van der Waals surface area contributed by atoms with Crippen molar-refractivity contribution in [1.82, 2.24) is 20.3 Å². The van der Waals surface area contributed by atoms with Crippen LogP contribution in [-0.4, -0.2) is 140 Å². The monoisotopic (exact) mass is 1620 g/mol. The maximum Gasteiger partial charge on any atom is 0.444 e. The molecule has 1 amide bonds. The largest absolute Gasteiger partial charge is 0.505 e. The number of phenols is 1. The second kappa shape index (κ2) is 32.8. The molecule has 9 rings (SSSR count). The first-order valence-corrected chi connectivity index (χ1v) is 38.5. The van der Waals surface area contributed by atoms with Gasteiger partial charge in [-0.25, -0.2) is 32.9 Å². The predicted octanol–water partition coefficient (Wildman–Crippen LogP) is 8.29. The number of fused-ring (bicyclic) bond motifs is 2. The Morgan fingerprint density at radius 2 is 1.14 bits per heavy atom. The molecule has 0 saturated carbocycles. The number of anilines is 6. The molecule has 0 fully saturated rings. The summed E-state index contributed by atoms with van der Waals surface area (Å²) in [5.74, 6) is -4.30. The van der Waals surface area contributed by atoms with Gasteiger partial charge >= 0.3 is 28.2 Å². The number of carbonyl (C=O) groups excluding carboxylic acids is 1. The van der Waals surface area contributed by atoms with Crippen molar-refractivity contribution in [2.24, 2.45) is 30.7 Å². The fourth-order valence-corrected chi connectivity index (χ4v) is 14.6. The number of phenolic OH excluding ortho intramolecular Hbond substituents is 1. The molecule has 0 radical (unpaired) electrons. The summed E-state index contributed by atoms with van der Waals surface area (Å²) in [7, 11) is -29.8. The number of aromatic nitrogens is 4. The van der Waals surface area contributed by atoms with E-state index in [4.69, 9.17) is 31.8 Å². The quantitative estimate of drug-likeness (QED) is 0.00358. The van der Waals surface area contributed by atoms with Crippen LogP contribution in [0.5, 0.6) is 5.75 Å². The number of hydrogen-bond acceptors (Lipinski definition) is 40. The zero-order chi connectivity index (χ0) is 75.7. The molecule has 2 aromatic heterocycles. The van der Waals surface area contributed by atoms with Crippen LogP contribution in [0.1, 0.15) is 10.4 Å². The molecule has 104 heavy (non-hydrogen) atoms. The van der Waals surface area contributed by atoms with Crippen molar-refractivity contribution in [3.05, 3.63) is 127 Å². The van der Waals surface area contributed by atoms with Crippen LogP contribution in [-0.2, 0) is 93.0 Å². The number of azo groups is 3. The van der Waals surface area contributed by atoms with Crippen LogP contribution in [0.15, 0.2) is 187 Å². The van der Waals surface area contributed by atoms with Crippen LogP contribution >= 0.6 is 36.1 Å². The Kier molecular flexibility index (Phi) is 24.8. The highest BCUT2D eigenvalue weighted by atomic mass is 32.3. The Bertz CT molecular complexity index is 5680. The molecule has 550 valence electrons. The van der Waals surface area contributed by atoms with Gasteiger partial charge < -0.3 is 32.5 Å². The molecule has 7 aromatic carbocycles. The molecule has 0 atom stereocenters. The summed E-state index contributed by atoms with van der Waals surface area (Å²) in [6, 6.07) is 20.5. The van der Waals surface area contributed by atoms with Gasteiger partial charge in [-0.15, -0.1) is 48.7 Å². The average molecular weight is 1620 g/mol. The number of sulfone groups is 1. The van der Waals surface area contributed by atoms with Gasteiger partial charge in [0.15, 0.2) is 15.6 Å². The smallest absolute Gasteiger partial charge is 0.444 e. The van der Waals surface area contributed by atoms with Crippen molar-refractivity contribution < 1.29 is 136 Å². The maximum atomic E-state index is 13.2. The summed E-state index contributed by atoms with van der Waals surface area (Å²) >= 11 is 0.649. The van der Waals surface area contributed by atoms with Crippen LogP contribution in [0.4, 0.5) is 68.8 Å². The molecule has 0 aliphatic rings. The molecule has 0 spiro atoms. The van der Waals surface area contributed by atoms with E-state index in [9.17, 15) is 78.6 Å². The number of benzene rings is 7. The first-order valence-electron chi connectivity index (χ1n) is 27.3. The molecular formula is C51H44N15O29S9+. The lowest BCUT2D eigenvalue weighted by molar-refractivity contribution is -0.603. The maximum absolute atomic E-state index is 13.2. The van der Waals surface area contributed by atoms with Crippen LogP contribution in [0.3, 0.4) is 0 Å². The Hall–Kier alpha value is -9.36. The third-order valence-electron chi connectivity index (χ3n) is 13.3. The second-order valence-corrected chi connectivity index (χ2v) is 31.1. The first kappa shape index (κ1) is 78.8. The second-order valence-electron chi connectivity index (χ2n) is 20.0. The number of nitrogen functional groups attached to an aromatic ring is 2. The van der Waals surface area contributed by atoms with Crippen molar-refractivity contribution in [1.29, 1.82) is 0 Å². The van der Waals surface area contributed by atoms with Crippen LogP contribution in [0.25, 0.3) is 27.5 Å². The van der Waals surface area contributed by atoms with E-state index in [2.05, 4.69) is 93.9 Å². The molecule has 0 aliphatic carbocycles. The van der Waals surface area contributed by atoms with E-state index >= 15 is 0 Å². The number of nitrogens with zero attached hydrogens (tertiary/aromatic N) is 10. The summed E-state index contributed by atoms with van der Waals surface area (Å²) in [6.45, 7) is -1.41. The number of nitrogens with two attached hydrogens (primary N) is 2. The van der Waals surface area contributed by atoms with E-state index in [1.165, 1.54) is 41.2 Å². The lowest BCUT2D eigenvalue weighted by Gasteiger charge is -2.14. The lowest BCUT2D eigenvalue weighted by Crippen LogP contribution is -2.32. The van der Waals surface area contributed by atoms with Gasteiger partial charge in [-0.2, -0.15) is 42.1 Å². The van der Waals surface area contributed by atoms with Crippen LogP contribution in [0, 0.1) is 0 Å². The molecule has 9 aromatic rings. The van der Waals surface area contributed by atoms with Crippen LogP contribution in [0.2, 0.25) is 0 Å². The molecule has 16 N–H and O–H groups in total. The van der Waals surface area contributed by atoms with Gasteiger partial charge in [-0.05, 0) is 100 Å². The van der Waals surface area contributed by atoms with Gasteiger partial charge in [0.25, 0.3) is 46.4 Å². The predicted molar refractivity (Wildman–Crippen MR) is 358 cm³/mol. The van der Waals surface area contributed by atoms with Gasteiger partial charge in [0.2, 0.25) is 0 Å². The van der Waals surface area contributed by atoms with E-state index in [-0.39, 0.29) is 85.4 Å². The van der Waals surface area contributed by atoms with Crippen LogP contribution < -0.4 is 32.0 Å². The Morgan fingerprint density at radius 1 is 0.538 bits per heavy atom. The Morgan fingerprint density at radius 3 is 1.79 bits per heavy atom. The Balaban J connectivity index is 1.08. The minimum Gasteiger partial charge on any atom is -0.505 e. The number of pyridine rings is 1. The molecule has 44 nitrogen and oxygen atoms in total. The minimum atomic E-state index is -5.41. The third kappa shape index (κ3) is 19.9. The summed E-state index contributed by atoms with van der Waals surface area (Å²) in [5.41, 5.74) is 7.65. The van der Waals surface area contributed by atoms with Crippen molar-refractivity contribution in [3.8, 4) is 11.7 Å². The van der Waals surface area contributed by atoms with Crippen molar-refractivity contribution in [3.63, 3.8) is 0 Å². The van der Waals surface area contributed by atoms with Gasteiger partial charge in [0, 0.05) is 28.6 Å². The highest BCUT2D eigenvalue weighted by Gasteiger charge is 2.29. The summed E-state index contributed by atoms with van der Waals surface area (Å²) in [4.78, 5) is 22.1. The molecule has 53 heteroatoms. The minimum absolute atomic E-state index is 0.0102. The van der Waals surface area contributed by atoms with E-state index < -0.39 is 172 Å². The standard InChI is InChI=1S/C51H43N15O29S9/c52-30-23-33(34(24-40(30)101(77,78)79)62-60-31-10-7-25(19-37(31)97-94-91-70)48(68)54-13-17-99(72,73)18-16-89-104(86,87)88)56-50-57-49(58-51(59-50)66-14-2-1-3-15-66)55-27-8-12-36(96-93-90-69)35(22-27)63-65-45-41(102(80,81)82)21-26-20-38(98-95-92-71)44(46(67)42(26)43(45)53)64-61-32-11-9-28-29(47(32)103(83,84)85)5-4-6-39(28)100(74,75)76/h1-12,14-15,19-24H,13,16-18,52-53H2,(H11-,54,55,56,57,58,59,67,68,69,70,71,74,75,76,77,78,79,80,81,82,83,84,85,86,87,88)/p+1. The summed E-state index contributed by atoms with van der Waals surface area (Å²) in [5, 5.41) is 80.8. The average Bonchev–Trinajstić information content (AvgIpc) is 0.749. The molecular weight excluding hydrogens is 1580 g/mol. The van der Waals surface area contributed by atoms with Gasteiger partial charge in [-0.3, -0.25) is 27.6 Å². The Labute approximate surface area is 595 Å². The number of carbonyl (C=O) groups is 1. The van der Waals surface area contributed by atoms with E-state index in [1.54, 1.807) is 18.2 Å². The number of amides is 1. The van der Waals surface area contributed by atoms with Gasteiger partial charge in [0.1, 0.15) is 53.7 Å². The topological polar surface area (TPSA) is 673 Å². The lowest BCUT2D eigenvalue weighted by atomic mass is 10.1. The molecule has 0 saturated heterocycles. The fraction of sp³-hybridized carbons (Fsp3) is 0.0784. The zero-order valence-electron chi connectivity index (χ0n) is 50.9. The van der Waals surface area contributed by atoms with E-state index in [0.29, 0.717) is 12.0 Å². The summed E-state index contributed by atoms with van der Waals surface area (Å²) < 4.78 is 217. The van der Waals surface area contributed by atoms with Crippen molar-refractivity contribution in [2.75, 3.05) is 46.8 Å². The SMILES string of the molecule is Nc1cc(Nc2nc(Nc3ccc(SOOO)c(N=Nc4c(S(=O)(=O)O)cc5cc(SOOO)c(N=Nc6ccc7c(S(=O)(=O)O)cccc7c6S(=O)(=O)O)c(O)c5c4N)c3)nc(-[n+]3ccccc3)n2)c(N=Nc2ccc(C(=O)NCCS(=O)(=O)CCOS(=O)(=O)O)cc2SOOO)cc1S(=O)(=O)O. The van der Waals surface area contributed by atoms with Crippen molar-refractivity contribution >= 4 is 193 Å². The number of hydrogen-bond donors (Lipinski definition) is 14. The van der Waals surface area contributed by atoms with Gasteiger partial charge in [-0.1, -0.05) is 39.4 Å². The molecule has 0 bridgehead atoms. The highest BCUT2D eigenvalue weighted by molar-refractivity contribution is 7.95. The van der Waals surface area contributed by atoms with E-state index in [1.807, 2.05) is 0 Å². The summed E-state index contributed by atoms with van der Waals surface area (Å²) in [6.07, 6.45) is 3.02. The molecule has 0 unspecified atom stereocenters. The number of nitrogens with one attached hydrogen (secondary N) is 3. The molecule has 0 aliphatic heterocycles. The number of aromatic hydroxyl groups is 1. The number of rotatable bonds is 32. The zero-order valence-corrected chi connectivity index (χ0v) is 58.2. The highest BCUT2D eigenvalue weighted by Crippen LogP contribution is 2.51.